The highest BCUT2D eigenvalue weighted by atomic mass is 16.2. The molecule has 1 atom stereocenters. The van der Waals surface area contributed by atoms with Crippen molar-refractivity contribution in [1.82, 2.24) is 24.2 Å². The molecule has 2 heterocycles. The van der Waals surface area contributed by atoms with Crippen LogP contribution in [0.1, 0.15) is 26.7 Å². The van der Waals surface area contributed by atoms with Crippen LogP contribution in [0.5, 0.6) is 0 Å². The van der Waals surface area contributed by atoms with Crippen LogP contribution in [0.4, 0.5) is 0 Å². The Balaban J connectivity index is 2.22. The molecule has 0 fully saturated rings. The van der Waals surface area contributed by atoms with Crippen LogP contribution in [-0.2, 0) is 18.4 Å². The molecule has 21 heavy (non-hydrogen) atoms. The number of carbonyl (C=O) groups is 1. The van der Waals surface area contributed by atoms with Crippen LogP contribution in [0.25, 0.3) is 11.0 Å². The fourth-order valence-electron chi connectivity index (χ4n) is 2.29. The number of aromatic nitrogens is 4. The van der Waals surface area contributed by atoms with Crippen molar-refractivity contribution in [1.29, 1.82) is 0 Å². The Labute approximate surface area is 123 Å². The van der Waals surface area contributed by atoms with Crippen molar-refractivity contribution in [2.45, 2.75) is 39.3 Å². The van der Waals surface area contributed by atoms with Gasteiger partial charge in [-0.05, 0) is 13.3 Å². The van der Waals surface area contributed by atoms with Crippen molar-refractivity contribution in [3.8, 4) is 0 Å². The molecule has 0 aromatic carbocycles. The van der Waals surface area contributed by atoms with Gasteiger partial charge >= 0.3 is 0 Å². The minimum atomic E-state index is -0.238. The van der Waals surface area contributed by atoms with Crippen LogP contribution in [-0.4, -0.2) is 43.2 Å². The SMILES string of the molecule is CCC[C@@H](C)N(C)C(=O)Cn1cnc2c(cnn2C)c1=O. The highest BCUT2D eigenvalue weighted by Gasteiger charge is 2.17. The summed E-state index contributed by atoms with van der Waals surface area (Å²) in [7, 11) is 3.49. The number of carbonyl (C=O) groups excluding carboxylic acids is 1. The third-order valence-corrected chi connectivity index (χ3v) is 3.78. The number of aryl methyl sites for hydroxylation is 1. The van der Waals surface area contributed by atoms with Crippen LogP contribution < -0.4 is 5.56 Å². The quantitative estimate of drug-likeness (QED) is 0.816. The minimum absolute atomic E-state index is 0.00121. The molecule has 2 aromatic heterocycles. The lowest BCUT2D eigenvalue weighted by molar-refractivity contribution is -0.132. The third-order valence-electron chi connectivity index (χ3n) is 3.78. The van der Waals surface area contributed by atoms with Gasteiger partial charge in [0.05, 0.1) is 6.20 Å². The Morgan fingerprint density at radius 3 is 2.86 bits per heavy atom. The third kappa shape index (κ3) is 2.96. The molecule has 7 nitrogen and oxygen atoms in total. The number of hydrogen-bond acceptors (Lipinski definition) is 4. The van der Waals surface area contributed by atoms with E-state index >= 15 is 0 Å². The van der Waals surface area contributed by atoms with Gasteiger partial charge in [-0.1, -0.05) is 13.3 Å². The molecule has 0 aliphatic heterocycles. The van der Waals surface area contributed by atoms with Crippen molar-refractivity contribution in [3.05, 3.63) is 22.9 Å². The number of hydrogen-bond donors (Lipinski definition) is 0. The Hall–Kier alpha value is -2.18. The van der Waals surface area contributed by atoms with Gasteiger partial charge in [-0.25, -0.2) is 4.98 Å². The monoisotopic (exact) mass is 291 g/mol. The number of amides is 1. The van der Waals surface area contributed by atoms with Crippen LogP contribution in [0, 0.1) is 0 Å². The Morgan fingerprint density at radius 1 is 1.48 bits per heavy atom. The second kappa shape index (κ2) is 6.07. The summed E-state index contributed by atoms with van der Waals surface area (Å²) in [6, 6.07) is 0.160. The summed E-state index contributed by atoms with van der Waals surface area (Å²) in [6.07, 6.45) is 4.84. The normalized spacial score (nSPS) is 12.6. The lowest BCUT2D eigenvalue weighted by atomic mass is 10.2. The number of rotatable bonds is 5. The van der Waals surface area contributed by atoms with E-state index in [9.17, 15) is 9.59 Å². The number of likely N-dealkylation sites (N-methyl/N-ethyl adjacent to an activating group) is 1. The van der Waals surface area contributed by atoms with Gasteiger partial charge in [0.15, 0.2) is 5.65 Å². The van der Waals surface area contributed by atoms with E-state index in [4.69, 9.17) is 0 Å². The smallest absolute Gasteiger partial charge is 0.264 e. The number of fused-ring (bicyclic) bond motifs is 1. The highest BCUT2D eigenvalue weighted by Crippen LogP contribution is 2.06. The Morgan fingerprint density at radius 2 is 2.19 bits per heavy atom. The second-order valence-corrected chi connectivity index (χ2v) is 5.33. The molecule has 1 amide bonds. The van der Waals surface area contributed by atoms with Gasteiger partial charge in [0.2, 0.25) is 5.91 Å². The van der Waals surface area contributed by atoms with Crippen molar-refractivity contribution in [3.63, 3.8) is 0 Å². The Bertz CT molecular complexity index is 703. The fraction of sp³-hybridized carbons (Fsp3) is 0.571. The van der Waals surface area contributed by atoms with E-state index in [2.05, 4.69) is 17.0 Å². The Kier molecular flexibility index (Phi) is 4.40. The summed E-state index contributed by atoms with van der Waals surface area (Å²) in [5, 5.41) is 4.44. The molecule has 0 bridgehead atoms. The van der Waals surface area contributed by atoms with Gasteiger partial charge in [0.25, 0.3) is 5.56 Å². The van der Waals surface area contributed by atoms with Crippen molar-refractivity contribution < 1.29 is 4.79 Å². The summed E-state index contributed by atoms with van der Waals surface area (Å²) in [4.78, 5) is 30.4. The van der Waals surface area contributed by atoms with Crippen molar-refractivity contribution >= 4 is 16.9 Å². The van der Waals surface area contributed by atoms with Crippen molar-refractivity contribution in [2.75, 3.05) is 7.05 Å². The lowest BCUT2D eigenvalue weighted by Gasteiger charge is -2.24. The first-order chi connectivity index (χ1) is 9.95. The molecule has 2 rings (SSSR count). The first-order valence-corrected chi connectivity index (χ1v) is 7.08. The molecule has 0 spiro atoms. The summed E-state index contributed by atoms with van der Waals surface area (Å²) >= 11 is 0. The van der Waals surface area contributed by atoms with Crippen LogP contribution in [0.3, 0.4) is 0 Å². The van der Waals surface area contributed by atoms with E-state index in [1.54, 1.807) is 23.7 Å². The van der Waals surface area contributed by atoms with Crippen LogP contribution in [0.15, 0.2) is 17.3 Å². The van der Waals surface area contributed by atoms with Crippen molar-refractivity contribution in [2.24, 2.45) is 7.05 Å². The van der Waals surface area contributed by atoms with Gasteiger partial charge in [-0.3, -0.25) is 18.8 Å². The molecular weight excluding hydrogens is 270 g/mol. The van der Waals surface area contributed by atoms with Crippen LogP contribution in [0.2, 0.25) is 0 Å². The summed E-state index contributed by atoms with van der Waals surface area (Å²) in [6.45, 7) is 4.09. The maximum atomic E-state index is 12.3. The van der Waals surface area contributed by atoms with E-state index in [0.29, 0.717) is 11.0 Å². The predicted molar refractivity (Wildman–Crippen MR) is 79.9 cm³/mol. The summed E-state index contributed by atoms with van der Waals surface area (Å²) in [5.41, 5.74) is 0.286. The molecule has 0 aliphatic rings. The zero-order valence-electron chi connectivity index (χ0n) is 12.9. The van der Waals surface area contributed by atoms with Gasteiger partial charge in [-0.2, -0.15) is 5.10 Å². The first-order valence-electron chi connectivity index (χ1n) is 7.08. The maximum absolute atomic E-state index is 12.3. The standard InChI is InChI=1S/C14H21N5O2/c1-5-6-10(2)17(3)12(20)8-19-9-15-13-11(14(19)21)7-16-18(13)4/h7,9-10H,5-6,8H2,1-4H3/t10-/m1/s1. The maximum Gasteiger partial charge on any atom is 0.264 e. The van der Waals surface area contributed by atoms with Gasteiger partial charge in [0.1, 0.15) is 18.3 Å². The second-order valence-electron chi connectivity index (χ2n) is 5.33. The average Bonchev–Trinajstić information content (AvgIpc) is 2.83. The zero-order valence-corrected chi connectivity index (χ0v) is 12.9. The van der Waals surface area contributed by atoms with Gasteiger partial charge < -0.3 is 4.90 Å². The molecule has 114 valence electrons. The molecule has 0 radical (unpaired) electrons. The molecule has 0 saturated carbocycles. The van der Waals surface area contributed by atoms with E-state index in [-0.39, 0.29) is 24.1 Å². The average molecular weight is 291 g/mol. The topological polar surface area (TPSA) is 73.0 Å². The van der Waals surface area contributed by atoms with E-state index in [0.717, 1.165) is 12.8 Å². The summed E-state index contributed by atoms with van der Waals surface area (Å²) < 4.78 is 2.87. The van der Waals surface area contributed by atoms with E-state index < -0.39 is 0 Å². The molecule has 0 N–H and O–H groups in total. The van der Waals surface area contributed by atoms with Gasteiger partial charge in [0, 0.05) is 20.1 Å². The minimum Gasteiger partial charge on any atom is -0.342 e. The molecule has 0 unspecified atom stereocenters. The fourth-order valence-corrected chi connectivity index (χ4v) is 2.29. The van der Waals surface area contributed by atoms with E-state index in [1.165, 1.54) is 17.1 Å². The molecule has 2 aromatic rings. The summed E-state index contributed by atoms with van der Waals surface area (Å²) in [5.74, 6) is -0.0944. The molecule has 7 heteroatoms. The van der Waals surface area contributed by atoms with Crippen LogP contribution >= 0.6 is 0 Å². The lowest BCUT2D eigenvalue weighted by Crippen LogP contribution is -2.39. The highest BCUT2D eigenvalue weighted by molar-refractivity contribution is 5.77. The van der Waals surface area contributed by atoms with E-state index in [1.807, 2.05) is 6.92 Å². The van der Waals surface area contributed by atoms with Gasteiger partial charge in [-0.15, -0.1) is 0 Å². The molecule has 0 saturated heterocycles. The zero-order chi connectivity index (χ0) is 15.6. The largest absolute Gasteiger partial charge is 0.342 e. The molecular formula is C14H21N5O2. The first kappa shape index (κ1) is 15.2. The predicted octanol–water partition coefficient (Wildman–Crippen LogP) is 0.777. The molecule has 0 aliphatic carbocycles. The number of nitrogens with zero attached hydrogens (tertiary/aromatic N) is 5.